The Labute approximate surface area is 156 Å². The summed E-state index contributed by atoms with van der Waals surface area (Å²) in [5.41, 5.74) is -0.207. The molecule has 0 amide bonds. The van der Waals surface area contributed by atoms with Gasteiger partial charge >= 0.3 is 5.97 Å². The van der Waals surface area contributed by atoms with Gasteiger partial charge in [0.2, 0.25) is 0 Å². The minimum Gasteiger partial charge on any atom is -0.465 e. The quantitative estimate of drug-likeness (QED) is 0.333. The van der Waals surface area contributed by atoms with Crippen molar-refractivity contribution < 1.29 is 9.53 Å². The summed E-state index contributed by atoms with van der Waals surface area (Å²) in [6.45, 7) is 7.19. The molecule has 0 bridgehead atoms. The summed E-state index contributed by atoms with van der Waals surface area (Å²) in [5.74, 6) is 2.88. The first-order valence-corrected chi connectivity index (χ1v) is 11.3. The molecule has 2 nitrogen and oxygen atoms in total. The Hall–Kier alpha value is -0.530. The van der Waals surface area contributed by atoms with Crippen LogP contribution in [0.1, 0.15) is 111 Å². The summed E-state index contributed by atoms with van der Waals surface area (Å²) in [6.07, 6.45) is 18.1. The number of esters is 1. The first kappa shape index (κ1) is 20.8. The van der Waals surface area contributed by atoms with Crippen LogP contribution in [0.25, 0.3) is 0 Å². The van der Waals surface area contributed by atoms with Crippen LogP contribution in [0.4, 0.5) is 0 Å². The van der Waals surface area contributed by atoms with Gasteiger partial charge in [-0.05, 0) is 69.6 Å². The van der Waals surface area contributed by atoms with Gasteiger partial charge in [-0.2, -0.15) is 0 Å². The van der Waals surface area contributed by atoms with Gasteiger partial charge in [0.25, 0.3) is 0 Å². The van der Waals surface area contributed by atoms with Crippen LogP contribution in [0.3, 0.4) is 0 Å². The van der Waals surface area contributed by atoms with Gasteiger partial charge in [0.1, 0.15) is 0 Å². The van der Waals surface area contributed by atoms with Gasteiger partial charge < -0.3 is 4.74 Å². The zero-order chi connectivity index (χ0) is 18.1. The predicted molar refractivity (Wildman–Crippen MR) is 106 cm³/mol. The summed E-state index contributed by atoms with van der Waals surface area (Å²) in [6, 6.07) is 0. The summed E-state index contributed by atoms with van der Waals surface area (Å²) in [4.78, 5) is 12.4. The fourth-order valence-corrected chi connectivity index (χ4v) is 5.07. The van der Waals surface area contributed by atoms with Crippen molar-refractivity contribution in [3.63, 3.8) is 0 Å². The lowest BCUT2D eigenvalue weighted by Crippen LogP contribution is -2.36. The number of hydrogen-bond donors (Lipinski definition) is 0. The summed E-state index contributed by atoms with van der Waals surface area (Å²) < 4.78 is 5.53. The Kier molecular flexibility index (Phi) is 8.79. The highest BCUT2D eigenvalue weighted by molar-refractivity contribution is 5.76. The molecule has 2 fully saturated rings. The Bertz CT molecular complexity index is 374. The van der Waals surface area contributed by atoms with E-state index in [9.17, 15) is 4.79 Å². The van der Waals surface area contributed by atoms with E-state index < -0.39 is 0 Å². The number of hydrogen-bond acceptors (Lipinski definition) is 2. The van der Waals surface area contributed by atoms with Crippen LogP contribution < -0.4 is 0 Å². The Morgan fingerprint density at radius 2 is 1.48 bits per heavy atom. The zero-order valence-electron chi connectivity index (χ0n) is 17.2. The number of rotatable bonds is 9. The molecule has 0 radical (unpaired) electrons. The van der Waals surface area contributed by atoms with Gasteiger partial charge in [-0.3, -0.25) is 4.79 Å². The topological polar surface area (TPSA) is 26.3 Å². The Balaban J connectivity index is 1.69. The molecule has 0 atom stereocenters. The van der Waals surface area contributed by atoms with Crippen LogP contribution in [0.15, 0.2) is 0 Å². The normalized spacial score (nSPS) is 33.2. The number of ether oxygens (including phenoxy) is 1. The molecule has 0 unspecified atom stereocenters. The minimum absolute atomic E-state index is 0.0685. The van der Waals surface area contributed by atoms with E-state index in [0.717, 1.165) is 43.4 Å². The molecule has 0 heterocycles. The molecule has 0 spiro atoms. The summed E-state index contributed by atoms with van der Waals surface area (Å²) >= 11 is 0. The molecular formula is C23H42O2. The smallest absolute Gasteiger partial charge is 0.311 e. The molecule has 2 heteroatoms. The second-order valence-electron chi connectivity index (χ2n) is 9.16. The molecule has 25 heavy (non-hydrogen) atoms. The first-order chi connectivity index (χ1) is 12.1. The van der Waals surface area contributed by atoms with Crippen molar-refractivity contribution in [2.45, 2.75) is 111 Å². The zero-order valence-corrected chi connectivity index (χ0v) is 17.2. The second kappa shape index (κ2) is 10.6. The number of unbranched alkanes of at least 4 members (excludes halogenated alkanes) is 3. The van der Waals surface area contributed by atoms with Crippen molar-refractivity contribution in [1.82, 2.24) is 0 Å². The van der Waals surface area contributed by atoms with E-state index in [1.165, 1.54) is 64.2 Å². The van der Waals surface area contributed by atoms with Crippen LogP contribution in [0.5, 0.6) is 0 Å². The lowest BCUT2D eigenvalue weighted by atomic mass is 9.65. The highest BCUT2D eigenvalue weighted by Crippen LogP contribution is 2.46. The Morgan fingerprint density at radius 1 is 0.880 bits per heavy atom. The third kappa shape index (κ3) is 6.29. The molecule has 2 aliphatic rings. The summed E-state index contributed by atoms with van der Waals surface area (Å²) in [7, 11) is 0. The monoisotopic (exact) mass is 350 g/mol. The van der Waals surface area contributed by atoms with Gasteiger partial charge in [-0.25, -0.2) is 0 Å². The van der Waals surface area contributed by atoms with E-state index in [0.29, 0.717) is 6.61 Å². The lowest BCUT2D eigenvalue weighted by Gasteiger charge is -2.41. The van der Waals surface area contributed by atoms with Gasteiger partial charge in [0.05, 0.1) is 12.0 Å². The average molecular weight is 351 g/mol. The third-order valence-electron chi connectivity index (χ3n) is 7.13. The van der Waals surface area contributed by atoms with Gasteiger partial charge in [-0.15, -0.1) is 0 Å². The number of carbonyl (C=O) groups is 1. The molecule has 0 saturated heterocycles. The molecule has 0 aromatic carbocycles. The fraction of sp³-hybridized carbons (Fsp3) is 0.957. The molecule has 2 saturated carbocycles. The van der Waals surface area contributed by atoms with Crippen LogP contribution >= 0.6 is 0 Å². The van der Waals surface area contributed by atoms with Crippen LogP contribution in [0.2, 0.25) is 0 Å². The molecule has 0 aliphatic heterocycles. The van der Waals surface area contributed by atoms with E-state index in [1.54, 1.807) is 0 Å². The average Bonchev–Trinajstić information content (AvgIpc) is 2.63. The van der Waals surface area contributed by atoms with Crippen molar-refractivity contribution >= 4 is 5.97 Å². The van der Waals surface area contributed by atoms with E-state index in [4.69, 9.17) is 4.74 Å². The molecule has 146 valence electrons. The Morgan fingerprint density at radius 3 is 2.08 bits per heavy atom. The molecule has 2 aliphatic carbocycles. The maximum absolute atomic E-state index is 12.4. The van der Waals surface area contributed by atoms with Gasteiger partial charge in [0.15, 0.2) is 0 Å². The third-order valence-corrected chi connectivity index (χ3v) is 7.13. The van der Waals surface area contributed by atoms with Crippen molar-refractivity contribution in [3.8, 4) is 0 Å². The minimum atomic E-state index is -0.207. The predicted octanol–water partition coefficient (Wildman–Crippen LogP) is 6.91. The van der Waals surface area contributed by atoms with Crippen molar-refractivity contribution in [2.24, 2.45) is 23.2 Å². The van der Waals surface area contributed by atoms with Crippen LogP contribution in [-0.2, 0) is 9.53 Å². The standard InChI is InChI=1S/C23H42O2/c1-4-6-8-9-19-10-12-20(13-11-19)21-14-16-23(3,17-15-21)22(24)25-18-7-5-2/h19-21H,4-18H2,1-3H3. The largest absolute Gasteiger partial charge is 0.465 e. The van der Waals surface area contributed by atoms with E-state index in [1.807, 2.05) is 0 Å². The van der Waals surface area contributed by atoms with Crippen molar-refractivity contribution in [1.29, 1.82) is 0 Å². The molecular weight excluding hydrogens is 308 g/mol. The van der Waals surface area contributed by atoms with Crippen molar-refractivity contribution in [3.05, 3.63) is 0 Å². The highest BCUT2D eigenvalue weighted by atomic mass is 16.5. The van der Waals surface area contributed by atoms with Crippen LogP contribution in [0, 0.1) is 23.2 Å². The van der Waals surface area contributed by atoms with E-state index in [2.05, 4.69) is 20.8 Å². The first-order valence-electron chi connectivity index (χ1n) is 11.3. The van der Waals surface area contributed by atoms with Crippen LogP contribution in [-0.4, -0.2) is 12.6 Å². The van der Waals surface area contributed by atoms with E-state index >= 15 is 0 Å². The SMILES string of the molecule is CCCCCC1CCC(C2CCC(C)(C(=O)OCCCC)CC2)CC1. The second-order valence-corrected chi connectivity index (χ2v) is 9.16. The van der Waals surface area contributed by atoms with Gasteiger partial charge in [-0.1, -0.05) is 58.8 Å². The lowest BCUT2D eigenvalue weighted by molar-refractivity contribution is -0.158. The molecule has 0 N–H and O–H groups in total. The fourth-order valence-electron chi connectivity index (χ4n) is 5.07. The number of carbonyl (C=O) groups excluding carboxylic acids is 1. The summed E-state index contributed by atoms with van der Waals surface area (Å²) in [5, 5.41) is 0. The van der Waals surface area contributed by atoms with Crippen molar-refractivity contribution in [2.75, 3.05) is 6.61 Å². The maximum Gasteiger partial charge on any atom is 0.311 e. The maximum atomic E-state index is 12.4. The molecule has 0 aromatic rings. The molecule has 0 aromatic heterocycles. The van der Waals surface area contributed by atoms with E-state index in [-0.39, 0.29) is 11.4 Å². The molecule has 2 rings (SSSR count). The van der Waals surface area contributed by atoms with Gasteiger partial charge in [0, 0.05) is 0 Å². The highest BCUT2D eigenvalue weighted by Gasteiger charge is 2.41.